The Morgan fingerprint density at radius 1 is 1.13 bits per heavy atom. The van der Waals surface area contributed by atoms with Gasteiger partial charge in [0, 0.05) is 25.0 Å². The molecule has 7 nitrogen and oxygen atoms in total. The lowest BCUT2D eigenvalue weighted by molar-refractivity contribution is -0.136. The van der Waals surface area contributed by atoms with Crippen LogP contribution in [-0.4, -0.2) is 31.0 Å². The minimum absolute atomic E-state index is 0.218. The van der Waals surface area contributed by atoms with E-state index in [1.54, 1.807) is 42.7 Å². The third kappa shape index (κ3) is 4.44. The topological polar surface area (TPSA) is 89.5 Å². The SMILES string of the molecule is COc1ccc(OC)c(NC(=O)C(=O)NCc2cccnc2)c1. The first-order chi connectivity index (χ1) is 11.1. The molecule has 0 atom stereocenters. The summed E-state index contributed by atoms with van der Waals surface area (Å²) in [5.74, 6) is -0.574. The van der Waals surface area contributed by atoms with Crippen LogP contribution >= 0.6 is 0 Å². The molecule has 0 bridgehead atoms. The largest absolute Gasteiger partial charge is 0.497 e. The van der Waals surface area contributed by atoms with E-state index in [9.17, 15) is 9.59 Å². The number of rotatable bonds is 5. The van der Waals surface area contributed by atoms with Crippen LogP contribution < -0.4 is 20.1 Å². The molecular formula is C16H17N3O4. The Hall–Kier alpha value is -3.09. The van der Waals surface area contributed by atoms with E-state index < -0.39 is 11.8 Å². The van der Waals surface area contributed by atoms with Crippen LogP contribution in [0.1, 0.15) is 5.56 Å². The van der Waals surface area contributed by atoms with Gasteiger partial charge in [-0.3, -0.25) is 14.6 Å². The molecule has 23 heavy (non-hydrogen) atoms. The highest BCUT2D eigenvalue weighted by Gasteiger charge is 2.16. The number of carbonyl (C=O) groups is 2. The fourth-order valence-electron chi connectivity index (χ4n) is 1.86. The van der Waals surface area contributed by atoms with E-state index in [-0.39, 0.29) is 6.54 Å². The summed E-state index contributed by atoms with van der Waals surface area (Å²) in [6.45, 7) is 0.218. The van der Waals surface area contributed by atoms with E-state index in [1.165, 1.54) is 14.2 Å². The van der Waals surface area contributed by atoms with Crippen LogP contribution in [0.15, 0.2) is 42.7 Å². The van der Waals surface area contributed by atoms with Gasteiger partial charge in [0.1, 0.15) is 11.5 Å². The number of nitrogens with zero attached hydrogens (tertiary/aromatic N) is 1. The lowest BCUT2D eigenvalue weighted by Crippen LogP contribution is -2.35. The molecule has 0 spiro atoms. The van der Waals surface area contributed by atoms with Crippen molar-refractivity contribution in [2.75, 3.05) is 19.5 Å². The minimum atomic E-state index is -0.791. The highest BCUT2D eigenvalue weighted by Crippen LogP contribution is 2.28. The molecule has 0 aliphatic carbocycles. The second-order valence-electron chi connectivity index (χ2n) is 4.56. The molecule has 2 rings (SSSR count). The van der Waals surface area contributed by atoms with Crippen molar-refractivity contribution >= 4 is 17.5 Å². The van der Waals surface area contributed by atoms with Gasteiger partial charge in [0.15, 0.2) is 0 Å². The fraction of sp³-hybridized carbons (Fsp3) is 0.188. The lowest BCUT2D eigenvalue weighted by Gasteiger charge is -2.11. The van der Waals surface area contributed by atoms with Crippen molar-refractivity contribution in [1.82, 2.24) is 10.3 Å². The molecule has 0 aliphatic rings. The molecule has 0 fully saturated rings. The fourth-order valence-corrected chi connectivity index (χ4v) is 1.86. The van der Waals surface area contributed by atoms with Crippen molar-refractivity contribution in [1.29, 1.82) is 0 Å². The molecule has 2 N–H and O–H groups in total. The Balaban J connectivity index is 1.99. The monoisotopic (exact) mass is 315 g/mol. The van der Waals surface area contributed by atoms with Gasteiger partial charge in [0.2, 0.25) is 0 Å². The maximum atomic E-state index is 12.0. The van der Waals surface area contributed by atoms with Gasteiger partial charge in [0.05, 0.1) is 19.9 Å². The molecule has 7 heteroatoms. The number of methoxy groups -OCH3 is 2. The molecule has 2 amide bonds. The van der Waals surface area contributed by atoms with Crippen molar-refractivity contribution in [2.24, 2.45) is 0 Å². The summed E-state index contributed by atoms with van der Waals surface area (Å²) < 4.78 is 10.2. The van der Waals surface area contributed by atoms with E-state index in [2.05, 4.69) is 15.6 Å². The van der Waals surface area contributed by atoms with Crippen LogP contribution in [0.4, 0.5) is 5.69 Å². The van der Waals surface area contributed by atoms with E-state index in [0.29, 0.717) is 17.2 Å². The predicted molar refractivity (Wildman–Crippen MR) is 84.3 cm³/mol. The average Bonchev–Trinajstić information content (AvgIpc) is 2.60. The Morgan fingerprint density at radius 2 is 1.96 bits per heavy atom. The van der Waals surface area contributed by atoms with Crippen molar-refractivity contribution in [2.45, 2.75) is 6.54 Å². The number of anilines is 1. The summed E-state index contributed by atoms with van der Waals surface area (Å²) in [6, 6.07) is 8.46. The first-order valence-electron chi connectivity index (χ1n) is 6.84. The maximum absolute atomic E-state index is 12.0. The molecule has 2 aromatic rings. The molecule has 1 heterocycles. The van der Waals surface area contributed by atoms with Crippen molar-refractivity contribution in [3.63, 3.8) is 0 Å². The van der Waals surface area contributed by atoms with Crippen LogP contribution in [-0.2, 0) is 16.1 Å². The standard InChI is InChI=1S/C16H17N3O4/c1-22-12-5-6-14(23-2)13(8-12)19-16(21)15(20)18-10-11-4-3-7-17-9-11/h3-9H,10H2,1-2H3,(H,18,20)(H,19,21). The molecule has 0 saturated heterocycles. The third-order valence-electron chi connectivity index (χ3n) is 3.04. The summed E-state index contributed by atoms with van der Waals surface area (Å²) in [5, 5.41) is 5.02. The molecule has 0 aliphatic heterocycles. The number of amides is 2. The second kappa shape index (κ2) is 7.79. The zero-order chi connectivity index (χ0) is 16.7. The van der Waals surface area contributed by atoms with Crippen molar-refractivity contribution in [3.05, 3.63) is 48.3 Å². The van der Waals surface area contributed by atoms with Gasteiger partial charge in [-0.2, -0.15) is 0 Å². The van der Waals surface area contributed by atoms with Crippen LogP contribution in [0.3, 0.4) is 0 Å². The zero-order valence-corrected chi connectivity index (χ0v) is 12.8. The Labute approximate surface area is 133 Å². The minimum Gasteiger partial charge on any atom is -0.497 e. The number of carbonyl (C=O) groups excluding carboxylic acids is 2. The summed E-state index contributed by atoms with van der Waals surface area (Å²) in [5.41, 5.74) is 1.15. The summed E-state index contributed by atoms with van der Waals surface area (Å²) in [7, 11) is 2.98. The van der Waals surface area contributed by atoms with Crippen LogP contribution in [0, 0.1) is 0 Å². The van der Waals surface area contributed by atoms with Gasteiger partial charge in [-0.05, 0) is 23.8 Å². The number of hydrogen-bond acceptors (Lipinski definition) is 5. The Bertz CT molecular complexity index is 689. The number of benzene rings is 1. The molecular weight excluding hydrogens is 298 g/mol. The highest BCUT2D eigenvalue weighted by atomic mass is 16.5. The number of pyridine rings is 1. The summed E-state index contributed by atoms with van der Waals surface area (Å²) in [6.07, 6.45) is 3.25. The lowest BCUT2D eigenvalue weighted by atomic mass is 10.2. The first kappa shape index (κ1) is 16.3. The summed E-state index contributed by atoms with van der Waals surface area (Å²) in [4.78, 5) is 27.8. The molecule has 0 unspecified atom stereocenters. The second-order valence-corrected chi connectivity index (χ2v) is 4.56. The third-order valence-corrected chi connectivity index (χ3v) is 3.04. The molecule has 1 aromatic carbocycles. The number of nitrogens with one attached hydrogen (secondary N) is 2. The molecule has 1 aromatic heterocycles. The number of hydrogen-bond donors (Lipinski definition) is 2. The molecule has 0 saturated carbocycles. The van der Waals surface area contributed by atoms with Crippen molar-refractivity contribution in [3.8, 4) is 11.5 Å². The smallest absolute Gasteiger partial charge is 0.313 e. The zero-order valence-electron chi connectivity index (χ0n) is 12.8. The molecule has 0 radical (unpaired) electrons. The average molecular weight is 315 g/mol. The number of ether oxygens (including phenoxy) is 2. The summed E-state index contributed by atoms with van der Waals surface area (Å²) >= 11 is 0. The van der Waals surface area contributed by atoms with Crippen LogP contribution in [0.25, 0.3) is 0 Å². The molecule has 120 valence electrons. The van der Waals surface area contributed by atoms with Gasteiger partial charge in [-0.15, -0.1) is 0 Å². The van der Waals surface area contributed by atoms with Crippen molar-refractivity contribution < 1.29 is 19.1 Å². The van der Waals surface area contributed by atoms with E-state index in [0.717, 1.165) is 5.56 Å². The van der Waals surface area contributed by atoms with Crippen LogP contribution in [0.2, 0.25) is 0 Å². The predicted octanol–water partition coefficient (Wildman–Crippen LogP) is 1.35. The first-order valence-corrected chi connectivity index (χ1v) is 6.84. The van der Waals surface area contributed by atoms with E-state index >= 15 is 0 Å². The number of aromatic nitrogens is 1. The van der Waals surface area contributed by atoms with Crippen LogP contribution in [0.5, 0.6) is 11.5 Å². The van der Waals surface area contributed by atoms with E-state index in [4.69, 9.17) is 9.47 Å². The highest BCUT2D eigenvalue weighted by molar-refractivity contribution is 6.39. The van der Waals surface area contributed by atoms with Gasteiger partial charge < -0.3 is 20.1 Å². The Morgan fingerprint density at radius 3 is 2.61 bits per heavy atom. The van der Waals surface area contributed by atoms with E-state index in [1.807, 2.05) is 0 Å². The normalized spacial score (nSPS) is 9.83. The van der Waals surface area contributed by atoms with Gasteiger partial charge in [-0.1, -0.05) is 6.07 Å². The van der Waals surface area contributed by atoms with Gasteiger partial charge in [0.25, 0.3) is 0 Å². The Kier molecular flexibility index (Phi) is 5.51. The quantitative estimate of drug-likeness (QED) is 0.813. The van der Waals surface area contributed by atoms with Gasteiger partial charge in [-0.25, -0.2) is 0 Å². The van der Waals surface area contributed by atoms with Gasteiger partial charge >= 0.3 is 11.8 Å². The maximum Gasteiger partial charge on any atom is 0.313 e.